The number of hydrogen-bond acceptors (Lipinski definition) is 7. The monoisotopic (exact) mass is 462 g/mol. The molecule has 174 valence electrons. The van der Waals surface area contributed by atoms with Crippen LogP contribution in [0, 0.1) is 6.92 Å². The van der Waals surface area contributed by atoms with E-state index in [2.05, 4.69) is 15.3 Å². The summed E-state index contributed by atoms with van der Waals surface area (Å²) in [5.74, 6) is -0.595. The summed E-state index contributed by atoms with van der Waals surface area (Å²) in [5, 5.41) is 8.64. The highest BCUT2D eigenvalue weighted by atomic mass is 32.2. The molecule has 3 aliphatic heterocycles. The van der Waals surface area contributed by atoms with Gasteiger partial charge in [0.2, 0.25) is 5.91 Å². The Balaban J connectivity index is 1.50. The lowest BCUT2D eigenvalue weighted by Crippen LogP contribution is -2.47. The van der Waals surface area contributed by atoms with Gasteiger partial charge in [0.15, 0.2) is 9.84 Å². The van der Waals surface area contributed by atoms with E-state index >= 15 is 0 Å². The van der Waals surface area contributed by atoms with Crippen molar-refractivity contribution in [3.63, 3.8) is 0 Å². The number of carbonyl (C=O) groups excluding carboxylic acids is 2. The predicted octanol–water partition coefficient (Wildman–Crippen LogP) is 0.650. The van der Waals surface area contributed by atoms with Crippen LogP contribution in [0.2, 0.25) is 0 Å². The standard InChI is InChI=1S/C22H30N4O5S/c1-16-2-4-17(5-3-16)20(14-25-9-11-31-12-10-25)23-22(28)19-6-7-21(27)26(24-19)18-8-13-32(29,30)15-18/h2-5,18,20H,6-15H2,1H3,(H,23,28). The Morgan fingerprint density at radius 2 is 1.94 bits per heavy atom. The van der Waals surface area contributed by atoms with E-state index in [0.717, 1.165) is 24.2 Å². The molecule has 0 aliphatic carbocycles. The molecule has 3 heterocycles. The summed E-state index contributed by atoms with van der Waals surface area (Å²) in [6, 6.07) is 7.35. The molecule has 1 aromatic rings. The van der Waals surface area contributed by atoms with Crippen molar-refractivity contribution in [2.75, 3.05) is 44.4 Å². The Labute approximate surface area is 188 Å². The first-order valence-corrected chi connectivity index (χ1v) is 12.9. The molecule has 1 aromatic carbocycles. The van der Waals surface area contributed by atoms with Crippen molar-refractivity contribution in [2.45, 2.75) is 38.3 Å². The minimum atomic E-state index is -3.16. The number of rotatable bonds is 6. The Kier molecular flexibility index (Phi) is 6.92. The summed E-state index contributed by atoms with van der Waals surface area (Å²) in [4.78, 5) is 27.8. The number of amides is 2. The average Bonchev–Trinajstić information content (AvgIpc) is 3.14. The number of benzene rings is 1. The number of nitrogens with zero attached hydrogens (tertiary/aromatic N) is 3. The van der Waals surface area contributed by atoms with Gasteiger partial charge >= 0.3 is 0 Å². The third kappa shape index (κ3) is 5.54. The molecule has 0 radical (unpaired) electrons. The molecule has 3 aliphatic rings. The molecule has 2 unspecified atom stereocenters. The summed E-state index contributed by atoms with van der Waals surface area (Å²) < 4.78 is 29.1. The summed E-state index contributed by atoms with van der Waals surface area (Å²) >= 11 is 0. The fraction of sp³-hybridized carbons (Fsp3) is 0.591. The second kappa shape index (κ2) is 9.68. The van der Waals surface area contributed by atoms with Gasteiger partial charge in [-0.05, 0) is 18.9 Å². The second-order valence-corrected chi connectivity index (χ2v) is 10.9. The Bertz CT molecular complexity index is 986. The van der Waals surface area contributed by atoms with Gasteiger partial charge in [-0.3, -0.25) is 14.5 Å². The van der Waals surface area contributed by atoms with Crippen LogP contribution in [0.15, 0.2) is 29.4 Å². The van der Waals surface area contributed by atoms with Crippen molar-refractivity contribution in [2.24, 2.45) is 5.10 Å². The van der Waals surface area contributed by atoms with Crippen LogP contribution in [0.4, 0.5) is 0 Å². The van der Waals surface area contributed by atoms with Crippen LogP contribution < -0.4 is 5.32 Å². The SMILES string of the molecule is Cc1ccc(C(CN2CCOCC2)NC(=O)C2=NN(C3CCS(=O)(=O)C3)C(=O)CC2)cc1. The molecule has 2 fully saturated rings. The minimum absolute atomic E-state index is 0.0492. The van der Waals surface area contributed by atoms with Gasteiger partial charge in [-0.2, -0.15) is 5.10 Å². The molecule has 4 rings (SSSR count). The van der Waals surface area contributed by atoms with Gasteiger partial charge in [-0.1, -0.05) is 29.8 Å². The fourth-order valence-corrected chi connectivity index (χ4v) is 6.00. The van der Waals surface area contributed by atoms with Gasteiger partial charge in [0, 0.05) is 32.5 Å². The van der Waals surface area contributed by atoms with Crippen molar-refractivity contribution < 1.29 is 22.7 Å². The van der Waals surface area contributed by atoms with Gasteiger partial charge in [-0.15, -0.1) is 0 Å². The van der Waals surface area contributed by atoms with E-state index in [1.165, 1.54) is 5.01 Å². The molecule has 0 bridgehead atoms. The van der Waals surface area contributed by atoms with E-state index in [0.29, 0.717) is 26.2 Å². The van der Waals surface area contributed by atoms with E-state index in [9.17, 15) is 18.0 Å². The summed E-state index contributed by atoms with van der Waals surface area (Å²) in [5.41, 5.74) is 2.41. The van der Waals surface area contributed by atoms with Crippen molar-refractivity contribution in [1.82, 2.24) is 15.2 Å². The first kappa shape index (κ1) is 22.9. The highest BCUT2D eigenvalue weighted by Gasteiger charge is 2.37. The number of aryl methyl sites for hydroxylation is 1. The molecule has 32 heavy (non-hydrogen) atoms. The molecule has 0 saturated carbocycles. The van der Waals surface area contributed by atoms with E-state index < -0.39 is 15.9 Å². The zero-order chi connectivity index (χ0) is 22.7. The second-order valence-electron chi connectivity index (χ2n) is 8.69. The fourth-order valence-electron chi connectivity index (χ4n) is 4.30. The molecule has 0 spiro atoms. The van der Waals surface area contributed by atoms with Crippen molar-refractivity contribution in [3.8, 4) is 0 Å². The van der Waals surface area contributed by atoms with Gasteiger partial charge < -0.3 is 10.1 Å². The summed E-state index contributed by atoms with van der Waals surface area (Å²) in [7, 11) is -3.16. The number of nitrogens with one attached hydrogen (secondary N) is 1. The maximum Gasteiger partial charge on any atom is 0.268 e. The largest absolute Gasteiger partial charge is 0.379 e. The maximum absolute atomic E-state index is 13.1. The lowest BCUT2D eigenvalue weighted by molar-refractivity contribution is -0.133. The van der Waals surface area contributed by atoms with Gasteiger partial charge in [0.1, 0.15) is 5.71 Å². The Hall–Kier alpha value is -2.30. The number of hydrazone groups is 1. The molecule has 9 nitrogen and oxygen atoms in total. The zero-order valence-electron chi connectivity index (χ0n) is 18.3. The number of carbonyl (C=O) groups is 2. The number of ether oxygens (including phenoxy) is 1. The molecule has 10 heteroatoms. The molecule has 2 amide bonds. The first-order chi connectivity index (χ1) is 15.3. The lowest BCUT2D eigenvalue weighted by atomic mass is 10.0. The molecule has 1 N–H and O–H groups in total. The van der Waals surface area contributed by atoms with Crippen LogP contribution in [-0.2, 0) is 24.2 Å². The van der Waals surface area contributed by atoms with E-state index in [1.807, 2.05) is 31.2 Å². The van der Waals surface area contributed by atoms with E-state index in [1.54, 1.807) is 0 Å². The van der Waals surface area contributed by atoms with Crippen LogP contribution in [0.25, 0.3) is 0 Å². The van der Waals surface area contributed by atoms with Crippen molar-refractivity contribution >= 4 is 27.4 Å². The smallest absolute Gasteiger partial charge is 0.268 e. The average molecular weight is 463 g/mol. The van der Waals surface area contributed by atoms with Gasteiger partial charge in [0.25, 0.3) is 5.91 Å². The van der Waals surface area contributed by atoms with Crippen LogP contribution in [0.1, 0.15) is 36.4 Å². The topological polar surface area (TPSA) is 108 Å². The zero-order valence-corrected chi connectivity index (χ0v) is 19.1. The molecule has 2 saturated heterocycles. The maximum atomic E-state index is 13.1. The Morgan fingerprint density at radius 1 is 1.22 bits per heavy atom. The van der Waals surface area contributed by atoms with E-state index in [4.69, 9.17) is 4.74 Å². The first-order valence-electron chi connectivity index (χ1n) is 11.1. The number of morpholine rings is 1. The van der Waals surface area contributed by atoms with Crippen molar-refractivity contribution in [3.05, 3.63) is 35.4 Å². The third-order valence-electron chi connectivity index (χ3n) is 6.21. The summed E-state index contributed by atoms with van der Waals surface area (Å²) in [6.45, 7) is 5.61. The normalized spacial score (nSPS) is 24.8. The van der Waals surface area contributed by atoms with Gasteiger partial charge in [-0.25, -0.2) is 13.4 Å². The lowest BCUT2D eigenvalue weighted by Gasteiger charge is -2.32. The summed E-state index contributed by atoms with van der Waals surface area (Å²) in [6.07, 6.45) is 0.760. The predicted molar refractivity (Wildman–Crippen MR) is 120 cm³/mol. The number of sulfone groups is 1. The van der Waals surface area contributed by atoms with Crippen molar-refractivity contribution in [1.29, 1.82) is 0 Å². The van der Waals surface area contributed by atoms with Gasteiger partial charge in [0.05, 0.1) is 36.8 Å². The van der Waals surface area contributed by atoms with Crippen LogP contribution in [-0.4, -0.2) is 86.2 Å². The van der Waals surface area contributed by atoms with Crippen LogP contribution >= 0.6 is 0 Å². The van der Waals surface area contributed by atoms with Crippen LogP contribution in [0.3, 0.4) is 0 Å². The molecule has 0 aromatic heterocycles. The van der Waals surface area contributed by atoms with E-state index in [-0.39, 0.29) is 47.9 Å². The quantitative estimate of drug-likeness (QED) is 0.665. The molecular weight excluding hydrogens is 432 g/mol. The molecular formula is C22H30N4O5S. The third-order valence-corrected chi connectivity index (χ3v) is 7.96. The highest BCUT2D eigenvalue weighted by molar-refractivity contribution is 7.91. The number of hydrogen-bond donors (Lipinski definition) is 1. The van der Waals surface area contributed by atoms with Crippen LogP contribution in [0.5, 0.6) is 0 Å². The Morgan fingerprint density at radius 3 is 2.59 bits per heavy atom. The minimum Gasteiger partial charge on any atom is -0.379 e. The molecule has 2 atom stereocenters. The highest BCUT2D eigenvalue weighted by Crippen LogP contribution is 2.23.